The van der Waals surface area contributed by atoms with Crippen LogP contribution in [0.15, 0.2) is 62.8 Å². The number of benzene rings is 2. The van der Waals surface area contributed by atoms with E-state index >= 15 is 0 Å². The van der Waals surface area contributed by atoms with E-state index in [4.69, 9.17) is 4.42 Å². The van der Waals surface area contributed by atoms with Crippen LogP contribution >= 0.6 is 11.8 Å². The second kappa shape index (κ2) is 7.17. The minimum Gasteiger partial charge on any atom is -0.441 e. The molecule has 2 aromatic carbocycles. The average molecular weight is 363 g/mol. The van der Waals surface area contributed by atoms with Crippen molar-refractivity contribution in [2.75, 3.05) is 6.54 Å². The zero-order valence-electron chi connectivity index (χ0n) is 14.2. The first kappa shape index (κ1) is 16.6. The molecular formula is C20H17N3O2S. The molecule has 1 fully saturated rings. The summed E-state index contributed by atoms with van der Waals surface area (Å²) in [7, 11) is 0. The molecule has 1 aromatic heterocycles. The summed E-state index contributed by atoms with van der Waals surface area (Å²) in [5, 5.41) is 3.47. The number of aryl methyl sites for hydroxylation is 1. The molecule has 1 aliphatic heterocycles. The number of rotatable bonds is 4. The molecule has 6 heteroatoms. The molecule has 4 rings (SSSR count). The molecule has 1 N–H and O–H groups in total. The van der Waals surface area contributed by atoms with Gasteiger partial charge < -0.3 is 9.73 Å². The Morgan fingerprint density at radius 1 is 1.23 bits per heavy atom. The van der Waals surface area contributed by atoms with Crippen molar-refractivity contribution < 1.29 is 9.21 Å². The molecule has 0 saturated carbocycles. The molecule has 0 bridgehead atoms. The van der Waals surface area contributed by atoms with Crippen LogP contribution in [0.4, 0.5) is 0 Å². The Kier molecular flexibility index (Phi) is 4.58. The molecule has 1 saturated heterocycles. The van der Waals surface area contributed by atoms with Gasteiger partial charge in [0.1, 0.15) is 5.52 Å². The number of oxazole rings is 1. The Morgan fingerprint density at radius 3 is 2.92 bits per heavy atom. The summed E-state index contributed by atoms with van der Waals surface area (Å²) >= 11 is 1.36. The fourth-order valence-corrected chi connectivity index (χ4v) is 3.58. The maximum atomic E-state index is 12.2. The van der Waals surface area contributed by atoms with Crippen LogP contribution in [0.5, 0.6) is 0 Å². The Labute approximate surface area is 155 Å². The van der Waals surface area contributed by atoms with Gasteiger partial charge in [0.15, 0.2) is 16.6 Å². The smallest absolute Gasteiger partial charge is 0.264 e. The lowest BCUT2D eigenvalue weighted by Crippen LogP contribution is -2.20. The lowest BCUT2D eigenvalue weighted by atomic mass is 10.2. The number of nitrogens with one attached hydrogen (secondary N) is 1. The number of carbonyl (C=O) groups excluding carboxylic acids is 1. The monoisotopic (exact) mass is 363 g/mol. The fraction of sp³-hybridized carbons (Fsp3) is 0.150. The number of amides is 1. The van der Waals surface area contributed by atoms with E-state index in [-0.39, 0.29) is 5.91 Å². The third-order valence-corrected chi connectivity index (χ3v) is 4.91. The summed E-state index contributed by atoms with van der Waals surface area (Å²) < 4.78 is 5.54. The predicted molar refractivity (Wildman–Crippen MR) is 105 cm³/mol. The predicted octanol–water partition coefficient (Wildman–Crippen LogP) is 3.94. The second-order valence-corrected chi connectivity index (χ2v) is 6.98. The number of hydrogen-bond donors (Lipinski definition) is 1. The van der Waals surface area contributed by atoms with Gasteiger partial charge >= 0.3 is 0 Å². The lowest BCUT2D eigenvalue weighted by molar-refractivity contribution is -0.115. The lowest BCUT2D eigenvalue weighted by Gasteiger charge is -1.98. The van der Waals surface area contributed by atoms with Crippen LogP contribution in [0.25, 0.3) is 17.2 Å². The molecule has 1 amide bonds. The highest BCUT2D eigenvalue weighted by atomic mass is 32.2. The van der Waals surface area contributed by atoms with Gasteiger partial charge in [0.2, 0.25) is 0 Å². The topological polar surface area (TPSA) is 67.5 Å². The maximum Gasteiger partial charge on any atom is 0.264 e. The van der Waals surface area contributed by atoms with E-state index < -0.39 is 0 Å². The van der Waals surface area contributed by atoms with Crippen molar-refractivity contribution in [2.45, 2.75) is 13.3 Å². The van der Waals surface area contributed by atoms with Gasteiger partial charge in [0.05, 0.1) is 4.91 Å². The van der Waals surface area contributed by atoms with Crippen molar-refractivity contribution in [3.05, 3.63) is 70.5 Å². The molecule has 1 aliphatic rings. The van der Waals surface area contributed by atoms with Crippen LogP contribution in [0, 0.1) is 6.92 Å². The number of nitrogens with zero attached hydrogens (tertiary/aromatic N) is 2. The molecular weight excluding hydrogens is 346 g/mol. The van der Waals surface area contributed by atoms with E-state index in [0.29, 0.717) is 22.5 Å². The third-order valence-electron chi connectivity index (χ3n) is 3.97. The molecule has 0 aliphatic carbocycles. The summed E-state index contributed by atoms with van der Waals surface area (Å²) in [6, 6.07) is 15.9. The highest BCUT2D eigenvalue weighted by molar-refractivity contribution is 8.18. The number of carbonyl (C=O) groups is 1. The van der Waals surface area contributed by atoms with E-state index in [9.17, 15) is 4.79 Å². The number of fused-ring (bicyclic) bond motifs is 1. The maximum absolute atomic E-state index is 12.2. The van der Waals surface area contributed by atoms with Crippen molar-refractivity contribution in [2.24, 2.45) is 4.99 Å². The number of aromatic nitrogens is 1. The van der Waals surface area contributed by atoms with Crippen LogP contribution in [-0.2, 0) is 11.2 Å². The highest BCUT2D eigenvalue weighted by Gasteiger charge is 2.23. The number of thioether (sulfide) groups is 1. The largest absolute Gasteiger partial charge is 0.441 e. The van der Waals surface area contributed by atoms with Crippen molar-refractivity contribution in [1.82, 2.24) is 10.3 Å². The SMILES string of the molecule is Cc1nc2ccc(C=C3SC(=NCCc4ccccc4)NC3=O)cc2o1. The zero-order valence-corrected chi connectivity index (χ0v) is 15.0. The zero-order chi connectivity index (χ0) is 17.9. The Bertz CT molecular complexity index is 1020. The van der Waals surface area contributed by atoms with Crippen molar-refractivity contribution in [1.29, 1.82) is 0 Å². The Balaban J connectivity index is 1.46. The number of hydrogen-bond acceptors (Lipinski definition) is 5. The number of amidine groups is 1. The van der Waals surface area contributed by atoms with Crippen molar-refractivity contribution in [3.63, 3.8) is 0 Å². The second-order valence-electron chi connectivity index (χ2n) is 5.95. The Hall–Kier alpha value is -2.86. The summed E-state index contributed by atoms with van der Waals surface area (Å²) in [6.45, 7) is 2.46. The molecule has 2 heterocycles. The Morgan fingerprint density at radius 2 is 2.08 bits per heavy atom. The van der Waals surface area contributed by atoms with Crippen molar-refractivity contribution >= 4 is 40.0 Å². The average Bonchev–Trinajstić information content (AvgIpc) is 3.17. The van der Waals surface area contributed by atoms with Gasteiger partial charge in [0.25, 0.3) is 5.91 Å². The van der Waals surface area contributed by atoms with Crippen LogP contribution in [0.2, 0.25) is 0 Å². The molecule has 5 nitrogen and oxygen atoms in total. The molecule has 130 valence electrons. The summed E-state index contributed by atoms with van der Waals surface area (Å²) in [5.41, 5.74) is 3.67. The van der Waals surface area contributed by atoms with Gasteiger partial charge in [-0.05, 0) is 47.5 Å². The van der Waals surface area contributed by atoms with Crippen LogP contribution < -0.4 is 5.32 Å². The van der Waals surface area contributed by atoms with Crippen LogP contribution in [0.1, 0.15) is 17.0 Å². The van der Waals surface area contributed by atoms with Gasteiger partial charge in [-0.2, -0.15) is 0 Å². The molecule has 0 radical (unpaired) electrons. The molecule has 0 atom stereocenters. The summed E-state index contributed by atoms with van der Waals surface area (Å²) in [6.07, 6.45) is 2.69. The number of aliphatic imine (C=N–C) groups is 1. The van der Waals surface area contributed by atoms with Gasteiger partial charge in [0, 0.05) is 13.5 Å². The summed E-state index contributed by atoms with van der Waals surface area (Å²) in [4.78, 5) is 21.6. The first-order chi connectivity index (χ1) is 12.7. The van der Waals surface area contributed by atoms with E-state index in [1.165, 1.54) is 17.3 Å². The molecule has 26 heavy (non-hydrogen) atoms. The van der Waals surface area contributed by atoms with Gasteiger partial charge in [-0.3, -0.25) is 9.79 Å². The molecule has 0 unspecified atom stereocenters. The summed E-state index contributed by atoms with van der Waals surface area (Å²) in [5.74, 6) is 0.507. The van der Waals surface area contributed by atoms with E-state index in [1.54, 1.807) is 0 Å². The van der Waals surface area contributed by atoms with Crippen LogP contribution in [0.3, 0.4) is 0 Å². The normalized spacial score (nSPS) is 17.3. The quantitative estimate of drug-likeness (QED) is 0.713. The minimum atomic E-state index is -0.123. The minimum absolute atomic E-state index is 0.123. The fourth-order valence-electron chi connectivity index (χ4n) is 2.73. The molecule has 3 aromatic rings. The van der Waals surface area contributed by atoms with Gasteiger partial charge in [-0.1, -0.05) is 36.4 Å². The highest BCUT2D eigenvalue weighted by Crippen LogP contribution is 2.27. The first-order valence-corrected chi connectivity index (χ1v) is 9.15. The first-order valence-electron chi connectivity index (χ1n) is 8.34. The van der Waals surface area contributed by atoms with E-state index in [1.807, 2.05) is 49.4 Å². The van der Waals surface area contributed by atoms with Crippen LogP contribution in [-0.4, -0.2) is 22.6 Å². The standard InChI is InChI=1S/C20H17N3O2S/c1-13-22-16-8-7-15(11-17(16)25-13)12-18-19(24)23-20(26-18)21-10-9-14-5-3-2-4-6-14/h2-8,11-12H,9-10H2,1H3,(H,21,23,24). The van der Waals surface area contributed by atoms with Gasteiger partial charge in [-0.15, -0.1) is 0 Å². The van der Waals surface area contributed by atoms with Gasteiger partial charge in [-0.25, -0.2) is 4.98 Å². The molecule has 0 spiro atoms. The third kappa shape index (κ3) is 3.70. The van der Waals surface area contributed by atoms with Crippen molar-refractivity contribution in [3.8, 4) is 0 Å². The van der Waals surface area contributed by atoms with E-state index in [0.717, 1.165) is 23.1 Å². The van der Waals surface area contributed by atoms with E-state index in [2.05, 4.69) is 27.4 Å².